The van der Waals surface area contributed by atoms with E-state index in [0.717, 1.165) is 45.6 Å². The van der Waals surface area contributed by atoms with Crippen molar-refractivity contribution in [3.8, 4) is 0 Å². The number of nitrogens with one attached hydrogen (secondary N) is 2. The largest absolute Gasteiger partial charge is 0.352 e. The Labute approximate surface area is 140 Å². The topological polar surface area (TPSA) is 44.4 Å². The molecule has 1 amide bonds. The second-order valence-corrected chi connectivity index (χ2v) is 6.40. The summed E-state index contributed by atoms with van der Waals surface area (Å²) in [5, 5.41) is 6.46. The summed E-state index contributed by atoms with van der Waals surface area (Å²) in [6.07, 6.45) is 2.90. The van der Waals surface area contributed by atoms with Gasteiger partial charge in [0.2, 0.25) is 5.91 Å². The van der Waals surface area contributed by atoms with Crippen LogP contribution in [-0.2, 0) is 17.9 Å². The van der Waals surface area contributed by atoms with Crippen LogP contribution in [0, 0.1) is 5.92 Å². The van der Waals surface area contributed by atoms with Gasteiger partial charge in [0.25, 0.3) is 0 Å². The van der Waals surface area contributed by atoms with E-state index in [1.807, 2.05) is 0 Å². The maximum atomic E-state index is 12.2. The van der Waals surface area contributed by atoms with Gasteiger partial charge < -0.3 is 10.6 Å². The summed E-state index contributed by atoms with van der Waals surface area (Å²) >= 11 is 0. The van der Waals surface area contributed by atoms with Crippen LogP contribution in [0.15, 0.2) is 24.3 Å². The van der Waals surface area contributed by atoms with E-state index in [9.17, 15) is 4.79 Å². The maximum Gasteiger partial charge on any atom is 0.220 e. The molecular weight excluding hydrogens is 286 g/mol. The van der Waals surface area contributed by atoms with Crippen molar-refractivity contribution in [1.82, 2.24) is 15.5 Å². The van der Waals surface area contributed by atoms with Gasteiger partial charge in [0, 0.05) is 19.5 Å². The minimum absolute atomic E-state index is 0.189. The van der Waals surface area contributed by atoms with Gasteiger partial charge in [-0.2, -0.15) is 0 Å². The normalized spacial score (nSPS) is 15.8. The van der Waals surface area contributed by atoms with E-state index in [4.69, 9.17) is 0 Å². The van der Waals surface area contributed by atoms with Crippen molar-refractivity contribution in [2.75, 3.05) is 26.2 Å². The molecule has 23 heavy (non-hydrogen) atoms. The molecule has 128 valence electrons. The summed E-state index contributed by atoms with van der Waals surface area (Å²) in [6, 6.07) is 8.44. The van der Waals surface area contributed by atoms with E-state index < -0.39 is 0 Å². The number of rotatable bonds is 8. The summed E-state index contributed by atoms with van der Waals surface area (Å²) < 4.78 is 0. The average molecular weight is 317 g/mol. The highest BCUT2D eigenvalue weighted by atomic mass is 16.1. The van der Waals surface area contributed by atoms with Crippen molar-refractivity contribution >= 4 is 5.91 Å². The van der Waals surface area contributed by atoms with Gasteiger partial charge in [-0.05, 0) is 56.1 Å². The van der Waals surface area contributed by atoms with Crippen molar-refractivity contribution in [3.05, 3.63) is 35.4 Å². The Hall–Kier alpha value is -1.39. The second kappa shape index (κ2) is 9.68. The lowest BCUT2D eigenvalue weighted by atomic mass is 9.94. The molecule has 4 nitrogen and oxygen atoms in total. The van der Waals surface area contributed by atoms with E-state index >= 15 is 0 Å². The Morgan fingerprint density at radius 2 is 1.83 bits per heavy atom. The molecule has 1 aliphatic rings. The standard InChI is InChI=1S/C19H31N3O/c1-3-22(4-2)15-18-8-6-5-7-17(18)14-21-19(23)13-16-9-11-20-12-10-16/h5-8,16,20H,3-4,9-15H2,1-2H3,(H,21,23). The Morgan fingerprint density at radius 1 is 1.17 bits per heavy atom. The first kappa shape index (κ1) is 18.0. The fourth-order valence-corrected chi connectivity index (χ4v) is 3.19. The van der Waals surface area contributed by atoms with Crippen LogP contribution < -0.4 is 10.6 Å². The van der Waals surface area contributed by atoms with E-state index in [0.29, 0.717) is 18.9 Å². The highest BCUT2D eigenvalue weighted by Crippen LogP contribution is 2.16. The highest BCUT2D eigenvalue weighted by Gasteiger charge is 2.16. The van der Waals surface area contributed by atoms with Gasteiger partial charge in [-0.15, -0.1) is 0 Å². The smallest absolute Gasteiger partial charge is 0.220 e. The molecule has 0 unspecified atom stereocenters. The van der Waals surface area contributed by atoms with E-state index in [1.165, 1.54) is 11.1 Å². The van der Waals surface area contributed by atoms with Crippen molar-refractivity contribution in [3.63, 3.8) is 0 Å². The molecule has 0 aliphatic carbocycles. The molecule has 0 atom stereocenters. The molecule has 0 saturated carbocycles. The summed E-state index contributed by atoms with van der Waals surface area (Å²) in [5.74, 6) is 0.733. The van der Waals surface area contributed by atoms with Gasteiger partial charge in [0.15, 0.2) is 0 Å². The van der Waals surface area contributed by atoms with Gasteiger partial charge in [-0.1, -0.05) is 38.1 Å². The molecule has 0 spiro atoms. The zero-order valence-corrected chi connectivity index (χ0v) is 14.6. The molecule has 4 heteroatoms. The van der Waals surface area contributed by atoms with Gasteiger partial charge in [0.1, 0.15) is 0 Å². The minimum Gasteiger partial charge on any atom is -0.352 e. The van der Waals surface area contributed by atoms with Gasteiger partial charge in [-0.3, -0.25) is 9.69 Å². The van der Waals surface area contributed by atoms with Crippen LogP contribution in [0.1, 0.15) is 44.2 Å². The molecular formula is C19H31N3O. The lowest BCUT2D eigenvalue weighted by Gasteiger charge is -2.22. The van der Waals surface area contributed by atoms with Crippen LogP contribution in [0.25, 0.3) is 0 Å². The number of nitrogens with zero attached hydrogens (tertiary/aromatic N) is 1. The maximum absolute atomic E-state index is 12.2. The molecule has 1 aliphatic heterocycles. The van der Waals surface area contributed by atoms with Crippen LogP contribution in [0.2, 0.25) is 0 Å². The van der Waals surface area contributed by atoms with Gasteiger partial charge in [-0.25, -0.2) is 0 Å². The monoisotopic (exact) mass is 317 g/mol. The van der Waals surface area contributed by atoms with Crippen LogP contribution >= 0.6 is 0 Å². The predicted molar refractivity (Wildman–Crippen MR) is 95.1 cm³/mol. The Bertz CT molecular complexity index is 479. The van der Waals surface area contributed by atoms with Crippen molar-refractivity contribution in [2.45, 2.75) is 46.2 Å². The van der Waals surface area contributed by atoms with Gasteiger partial charge in [0.05, 0.1) is 0 Å². The van der Waals surface area contributed by atoms with Gasteiger partial charge >= 0.3 is 0 Å². The summed E-state index contributed by atoms with van der Waals surface area (Å²) in [4.78, 5) is 14.6. The Balaban J connectivity index is 1.85. The number of carbonyl (C=O) groups is 1. The minimum atomic E-state index is 0.189. The number of hydrogen-bond acceptors (Lipinski definition) is 3. The van der Waals surface area contributed by atoms with Crippen molar-refractivity contribution in [2.24, 2.45) is 5.92 Å². The number of benzene rings is 1. The fraction of sp³-hybridized carbons (Fsp3) is 0.632. The molecule has 2 N–H and O–H groups in total. The van der Waals surface area contributed by atoms with E-state index in [1.54, 1.807) is 0 Å². The lowest BCUT2D eigenvalue weighted by Crippen LogP contribution is -2.32. The van der Waals surface area contributed by atoms with Crippen molar-refractivity contribution < 1.29 is 4.79 Å². The summed E-state index contributed by atoms with van der Waals surface area (Å²) in [7, 11) is 0. The number of piperidine rings is 1. The first-order valence-corrected chi connectivity index (χ1v) is 8.99. The van der Waals surface area contributed by atoms with E-state index in [2.05, 4.69) is 53.6 Å². The third kappa shape index (κ3) is 5.96. The SMILES string of the molecule is CCN(CC)Cc1ccccc1CNC(=O)CC1CCNCC1. The quantitative estimate of drug-likeness (QED) is 0.774. The highest BCUT2D eigenvalue weighted by molar-refractivity contribution is 5.76. The first-order valence-electron chi connectivity index (χ1n) is 8.99. The van der Waals surface area contributed by atoms with Crippen LogP contribution in [-0.4, -0.2) is 37.0 Å². The van der Waals surface area contributed by atoms with Crippen LogP contribution in [0.4, 0.5) is 0 Å². The predicted octanol–water partition coefficient (Wildman–Crippen LogP) is 2.53. The molecule has 1 aromatic carbocycles. The molecule has 1 heterocycles. The molecule has 1 fully saturated rings. The van der Waals surface area contributed by atoms with E-state index in [-0.39, 0.29) is 5.91 Å². The number of carbonyl (C=O) groups excluding carboxylic acids is 1. The summed E-state index contributed by atoms with van der Waals surface area (Å²) in [5.41, 5.74) is 2.55. The van der Waals surface area contributed by atoms with Crippen LogP contribution in [0.3, 0.4) is 0 Å². The molecule has 2 rings (SSSR count). The fourth-order valence-electron chi connectivity index (χ4n) is 3.19. The Kier molecular flexibility index (Phi) is 7.56. The third-order valence-corrected chi connectivity index (χ3v) is 4.82. The number of amides is 1. The third-order valence-electron chi connectivity index (χ3n) is 4.82. The molecule has 1 saturated heterocycles. The molecule has 0 bridgehead atoms. The first-order chi connectivity index (χ1) is 11.2. The number of hydrogen-bond donors (Lipinski definition) is 2. The lowest BCUT2D eigenvalue weighted by molar-refractivity contribution is -0.122. The molecule has 0 radical (unpaired) electrons. The Morgan fingerprint density at radius 3 is 2.48 bits per heavy atom. The zero-order valence-electron chi connectivity index (χ0n) is 14.6. The average Bonchev–Trinajstić information content (AvgIpc) is 2.59. The summed E-state index contributed by atoms with van der Waals surface area (Å²) in [6.45, 7) is 10.2. The van der Waals surface area contributed by atoms with Crippen LogP contribution in [0.5, 0.6) is 0 Å². The second-order valence-electron chi connectivity index (χ2n) is 6.40. The molecule has 0 aromatic heterocycles. The van der Waals surface area contributed by atoms with Crippen molar-refractivity contribution in [1.29, 1.82) is 0 Å². The zero-order chi connectivity index (χ0) is 16.5. The molecule has 1 aromatic rings.